The van der Waals surface area contributed by atoms with E-state index in [1.54, 1.807) is 6.92 Å². The van der Waals surface area contributed by atoms with Crippen LogP contribution in [0, 0.1) is 18.7 Å². The van der Waals surface area contributed by atoms with Gasteiger partial charge in [0.25, 0.3) is 0 Å². The van der Waals surface area contributed by atoms with Gasteiger partial charge in [-0.1, -0.05) is 13.3 Å². The fraction of sp³-hybridized carbons (Fsp3) is 0.500. The molecule has 3 rings (SSSR count). The van der Waals surface area contributed by atoms with Crippen LogP contribution in [0.3, 0.4) is 0 Å². The Hall–Kier alpha value is -2.51. The molecule has 2 amide bonds. The number of likely N-dealkylation sites (tertiary alicyclic amines) is 1. The van der Waals surface area contributed by atoms with Gasteiger partial charge in [0.15, 0.2) is 5.82 Å². The van der Waals surface area contributed by atoms with Crippen molar-refractivity contribution in [2.75, 3.05) is 18.4 Å². The number of tetrazole rings is 1. The number of urea groups is 1. The Morgan fingerprint density at radius 2 is 2.29 bits per heavy atom. The van der Waals surface area contributed by atoms with Crippen LogP contribution < -0.4 is 5.32 Å². The molecule has 1 aromatic heterocycles. The fourth-order valence-electron chi connectivity index (χ4n) is 2.99. The molecule has 1 aromatic carbocycles. The lowest BCUT2D eigenvalue weighted by Gasteiger charge is -2.32. The third kappa shape index (κ3) is 3.37. The zero-order chi connectivity index (χ0) is 17.1. The summed E-state index contributed by atoms with van der Waals surface area (Å²) >= 11 is 0. The minimum absolute atomic E-state index is 0.154. The molecule has 7 nitrogen and oxygen atoms in total. The molecule has 1 fully saturated rings. The number of halogens is 1. The summed E-state index contributed by atoms with van der Waals surface area (Å²) in [7, 11) is 0. The molecule has 128 valence electrons. The number of nitrogens with zero attached hydrogens (tertiary/aromatic N) is 5. The predicted octanol–water partition coefficient (Wildman–Crippen LogP) is 2.76. The average molecular weight is 332 g/mol. The van der Waals surface area contributed by atoms with Crippen molar-refractivity contribution < 1.29 is 9.18 Å². The summed E-state index contributed by atoms with van der Waals surface area (Å²) in [6.07, 6.45) is 3.26. The van der Waals surface area contributed by atoms with Crippen molar-refractivity contribution in [3.05, 3.63) is 29.8 Å². The van der Waals surface area contributed by atoms with Gasteiger partial charge in [0, 0.05) is 18.8 Å². The van der Waals surface area contributed by atoms with E-state index in [0.717, 1.165) is 25.9 Å². The van der Waals surface area contributed by atoms with Crippen LogP contribution in [0.4, 0.5) is 14.9 Å². The molecule has 8 heteroatoms. The molecule has 1 aliphatic rings. The Bertz CT molecular complexity index is 731. The molecular formula is C16H21FN6O. The first-order valence-electron chi connectivity index (χ1n) is 8.19. The highest BCUT2D eigenvalue weighted by atomic mass is 19.1. The van der Waals surface area contributed by atoms with Gasteiger partial charge in [-0.3, -0.25) is 0 Å². The summed E-state index contributed by atoms with van der Waals surface area (Å²) in [4.78, 5) is 14.3. The van der Waals surface area contributed by atoms with E-state index >= 15 is 0 Å². The maximum absolute atomic E-state index is 14.1. The first kappa shape index (κ1) is 16.4. The van der Waals surface area contributed by atoms with Crippen molar-refractivity contribution in [2.45, 2.75) is 33.1 Å². The van der Waals surface area contributed by atoms with E-state index in [2.05, 4.69) is 27.8 Å². The van der Waals surface area contributed by atoms with Crippen molar-refractivity contribution in [1.29, 1.82) is 0 Å². The highest BCUT2D eigenvalue weighted by Gasteiger charge is 2.22. The van der Waals surface area contributed by atoms with Crippen molar-refractivity contribution in [1.82, 2.24) is 25.1 Å². The Kier molecular flexibility index (Phi) is 4.73. The number of rotatable bonds is 3. The Morgan fingerprint density at radius 3 is 3.00 bits per heavy atom. The van der Waals surface area contributed by atoms with E-state index < -0.39 is 5.82 Å². The zero-order valence-corrected chi connectivity index (χ0v) is 13.9. The van der Waals surface area contributed by atoms with Crippen LogP contribution in [0.5, 0.6) is 0 Å². The maximum atomic E-state index is 14.1. The molecule has 24 heavy (non-hydrogen) atoms. The summed E-state index contributed by atoms with van der Waals surface area (Å²) in [5.41, 5.74) is 0.727. The van der Waals surface area contributed by atoms with Crippen molar-refractivity contribution in [3.8, 4) is 5.69 Å². The van der Waals surface area contributed by atoms with Gasteiger partial charge in [-0.05, 0) is 54.3 Å². The van der Waals surface area contributed by atoms with Crippen molar-refractivity contribution in [2.24, 2.45) is 5.92 Å². The van der Waals surface area contributed by atoms with Gasteiger partial charge in [0.1, 0.15) is 11.5 Å². The Morgan fingerprint density at radius 1 is 1.46 bits per heavy atom. The third-order valence-corrected chi connectivity index (χ3v) is 4.43. The number of piperidine rings is 1. The number of carbonyl (C=O) groups excluding carboxylic acids is 1. The zero-order valence-electron chi connectivity index (χ0n) is 13.9. The number of aromatic nitrogens is 4. The summed E-state index contributed by atoms with van der Waals surface area (Å²) in [6, 6.07) is 4.23. The minimum atomic E-state index is -0.451. The van der Waals surface area contributed by atoms with Crippen LogP contribution in [0.25, 0.3) is 5.69 Å². The quantitative estimate of drug-likeness (QED) is 0.938. The van der Waals surface area contributed by atoms with Crippen LogP contribution in [0.15, 0.2) is 18.2 Å². The van der Waals surface area contributed by atoms with Crippen LogP contribution in [0.1, 0.15) is 32.0 Å². The number of aryl methyl sites for hydroxylation is 1. The van der Waals surface area contributed by atoms with E-state index in [1.165, 1.54) is 29.3 Å². The lowest BCUT2D eigenvalue weighted by atomic mass is 9.96. The summed E-state index contributed by atoms with van der Waals surface area (Å²) in [6.45, 7) is 5.35. The number of hydrogen-bond acceptors (Lipinski definition) is 4. The van der Waals surface area contributed by atoms with Crippen LogP contribution in [-0.2, 0) is 0 Å². The van der Waals surface area contributed by atoms with E-state index in [1.807, 2.05) is 4.90 Å². The van der Waals surface area contributed by atoms with Gasteiger partial charge in [0.2, 0.25) is 0 Å². The second-order valence-corrected chi connectivity index (χ2v) is 6.10. The molecule has 1 saturated heterocycles. The largest absolute Gasteiger partial charge is 0.324 e. The molecule has 0 radical (unpaired) electrons. The normalized spacial score (nSPS) is 17.8. The van der Waals surface area contributed by atoms with Gasteiger partial charge < -0.3 is 10.2 Å². The van der Waals surface area contributed by atoms with Crippen molar-refractivity contribution >= 4 is 11.7 Å². The average Bonchev–Trinajstić information content (AvgIpc) is 3.02. The van der Waals surface area contributed by atoms with E-state index in [9.17, 15) is 9.18 Å². The minimum Gasteiger partial charge on any atom is -0.324 e. The first-order chi connectivity index (χ1) is 11.6. The SMILES string of the molecule is CC[C@@H]1CCCN(C(=O)Nc2ccc(F)c(-n3nnnc3C)c2)C1. The molecule has 1 N–H and O–H groups in total. The van der Waals surface area contributed by atoms with Crippen molar-refractivity contribution in [3.63, 3.8) is 0 Å². The highest BCUT2D eigenvalue weighted by Crippen LogP contribution is 2.22. The van der Waals surface area contributed by atoms with Gasteiger partial charge in [-0.15, -0.1) is 5.10 Å². The number of nitrogens with one attached hydrogen (secondary N) is 1. The van der Waals surface area contributed by atoms with Gasteiger partial charge >= 0.3 is 6.03 Å². The highest BCUT2D eigenvalue weighted by molar-refractivity contribution is 5.89. The van der Waals surface area contributed by atoms with E-state index in [4.69, 9.17) is 0 Å². The lowest BCUT2D eigenvalue weighted by Crippen LogP contribution is -2.42. The number of hydrogen-bond donors (Lipinski definition) is 1. The van der Waals surface area contributed by atoms with Crippen LogP contribution in [0.2, 0.25) is 0 Å². The summed E-state index contributed by atoms with van der Waals surface area (Å²) < 4.78 is 15.4. The second-order valence-electron chi connectivity index (χ2n) is 6.10. The number of amides is 2. The molecule has 0 aliphatic carbocycles. The van der Waals surface area contributed by atoms with Gasteiger partial charge in [-0.25, -0.2) is 9.18 Å². The van der Waals surface area contributed by atoms with Crippen LogP contribution in [-0.4, -0.2) is 44.2 Å². The van der Waals surface area contributed by atoms with Gasteiger partial charge in [0.05, 0.1) is 0 Å². The molecule has 0 spiro atoms. The molecule has 0 saturated carbocycles. The topological polar surface area (TPSA) is 75.9 Å². The molecule has 2 aromatic rings. The molecule has 1 atom stereocenters. The second kappa shape index (κ2) is 6.94. The summed E-state index contributed by atoms with van der Waals surface area (Å²) in [5, 5.41) is 13.9. The maximum Gasteiger partial charge on any atom is 0.321 e. The molecule has 1 aliphatic heterocycles. The standard InChI is InChI=1S/C16H21FN6O/c1-3-12-5-4-8-22(10-12)16(24)18-13-6-7-14(17)15(9-13)23-11(2)19-20-21-23/h6-7,9,12H,3-5,8,10H2,1-2H3,(H,18,24)/t12-/m1/s1. The van der Waals surface area contributed by atoms with Crippen LogP contribution >= 0.6 is 0 Å². The van der Waals surface area contributed by atoms with E-state index in [0.29, 0.717) is 17.4 Å². The fourth-order valence-corrected chi connectivity index (χ4v) is 2.99. The van der Waals surface area contributed by atoms with E-state index in [-0.39, 0.29) is 11.7 Å². The number of carbonyl (C=O) groups is 1. The Balaban J connectivity index is 1.76. The number of anilines is 1. The lowest BCUT2D eigenvalue weighted by molar-refractivity contribution is 0.176. The molecule has 0 bridgehead atoms. The van der Waals surface area contributed by atoms with Gasteiger partial charge in [-0.2, -0.15) is 4.68 Å². The smallest absolute Gasteiger partial charge is 0.321 e. The molecule has 0 unspecified atom stereocenters. The number of benzene rings is 1. The third-order valence-electron chi connectivity index (χ3n) is 4.43. The monoisotopic (exact) mass is 332 g/mol. The predicted molar refractivity (Wildman–Crippen MR) is 87.5 cm³/mol. The molecular weight excluding hydrogens is 311 g/mol. The molecule has 2 heterocycles. The Labute approximate surface area is 139 Å². The first-order valence-corrected chi connectivity index (χ1v) is 8.19. The summed E-state index contributed by atoms with van der Waals surface area (Å²) in [5.74, 6) is 0.573.